The molecule has 0 aliphatic heterocycles. The largest absolute Gasteiger partial charge is 0.497 e. The normalized spacial score (nSPS) is 11.1. The van der Waals surface area contributed by atoms with E-state index in [1.165, 1.54) is 0 Å². The predicted octanol–water partition coefficient (Wildman–Crippen LogP) is 2.44. The lowest BCUT2D eigenvalue weighted by atomic mass is 10.1. The van der Waals surface area contributed by atoms with Gasteiger partial charge in [-0.25, -0.2) is 8.42 Å². The number of hydrogen-bond donors (Lipinski definition) is 1. The number of nitrogens with one attached hydrogen (secondary N) is 1. The van der Waals surface area contributed by atoms with Crippen molar-refractivity contribution in [3.63, 3.8) is 0 Å². The van der Waals surface area contributed by atoms with Gasteiger partial charge in [0.2, 0.25) is 15.9 Å². The first-order valence-corrected chi connectivity index (χ1v) is 10.5. The van der Waals surface area contributed by atoms with Crippen LogP contribution in [0.4, 0.5) is 5.69 Å². The SMILES string of the molecule is COc1cccc(CCNC(=O)CN(c2ccc(C)c(C)c2)S(C)(=O)=O)c1. The minimum atomic E-state index is -3.57. The average Bonchev–Trinajstić information content (AvgIpc) is 2.61. The van der Waals surface area contributed by atoms with Crippen LogP contribution in [-0.2, 0) is 21.2 Å². The fraction of sp³-hybridized carbons (Fsp3) is 0.350. The molecule has 7 heteroatoms. The second kappa shape index (κ2) is 8.90. The molecule has 2 aromatic carbocycles. The van der Waals surface area contributed by atoms with E-state index in [4.69, 9.17) is 4.74 Å². The minimum absolute atomic E-state index is 0.251. The van der Waals surface area contributed by atoms with Crippen LogP contribution in [0.2, 0.25) is 0 Å². The number of nitrogens with zero attached hydrogens (tertiary/aromatic N) is 1. The Bertz CT molecular complexity index is 910. The number of rotatable bonds is 8. The van der Waals surface area contributed by atoms with Crippen LogP contribution in [0.3, 0.4) is 0 Å². The molecule has 2 aromatic rings. The van der Waals surface area contributed by atoms with E-state index in [0.29, 0.717) is 18.7 Å². The summed E-state index contributed by atoms with van der Waals surface area (Å²) >= 11 is 0. The van der Waals surface area contributed by atoms with Gasteiger partial charge in [0.05, 0.1) is 19.1 Å². The van der Waals surface area contributed by atoms with Gasteiger partial charge in [0, 0.05) is 6.54 Å². The lowest BCUT2D eigenvalue weighted by molar-refractivity contribution is -0.119. The summed E-state index contributed by atoms with van der Waals surface area (Å²) in [5, 5.41) is 2.78. The topological polar surface area (TPSA) is 75.7 Å². The number of carbonyl (C=O) groups is 1. The van der Waals surface area contributed by atoms with Crippen LogP contribution in [0.5, 0.6) is 5.75 Å². The molecule has 0 aromatic heterocycles. The van der Waals surface area contributed by atoms with Gasteiger partial charge in [0.25, 0.3) is 0 Å². The molecule has 2 rings (SSSR count). The van der Waals surface area contributed by atoms with Crippen molar-refractivity contribution in [1.82, 2.24) is 5.32 Å². The van der Waals surface area contributed by atoms with E-state index < -0.39 is 10.0 Å². The number of hydrogen-bond acceptors (Lipinski definition) is 4. The van der Waals surface area contributed by atoms with Gasteiger partial charge in [-0.2, -0.15) is 0 Å². The number of benzene rings is 2. The first-order chi connectivity index (χ1) is 12.7. The number of methoxy groups -OCH3 is 1. The molecule has 0 unspecified atom stereocenters. The number of sulfonamides is 1. The Morgan fingerprint density at radius 2 is 1.85 bits per heavy atom. The Kier molecular flexibility index (Phi) is 6.85. The van der Waals surface area contributed by atoms with Crippen LogP contribution in [0.15, 0.2) is 42.5 Å². The van der Waals surface area contributed by atoms with Crippen LogP contribution in [0, 0.1) is 13.8 Å². The van der Waals surface area contributed by atoms with Gasteiger partial charge in [0.1, 0.15) is 12.3 Å². The number of anilines is 1. The van der Waals surface area contributed by atoms with Gasteiger partial charge in [0.15, 0.2) is 0 Å². The van der Waals surface area contributed by atoms with Gasteiger partial charge < -0.3 is 10.1 Å². The van der Waals surface area contributed by atoms with E-state index in [1.807, 2.05) is 44.2 Å². The number of carbonyl (C=O) groups excluding carboxylic acids is 1. The first-order valence-electron chi connectivity index (χ1n) is 8.65. The first kappa shape index (κ1) is 20.8. The molecule has 1 amide bonds. The molecular formula is C20H26N2O4S. The highest BCUT2D eigenvalue weighted by Gasteiger charge is 2.21. The third-order valence-corrected chi connectivity index (χ3v) is 5.48. The van der Waals surface area contributed by atoms with Gasteiger partial charge in [-0.3, -0.25) is 9.10 Å². The van der Waals surface area contributed by atoms with E-state index >= 15 is 0 Å². The molecule has 146 valence electrons. The molecule has 0 spiro atoms. The number of aryl methyl sites for hydroxylation is 2. The lowest BCUT2D eigenvalue weighted by Crippen LogP contribution is -2.41. The molecule has 0 fully saturated rings. The van der Waals surface area contributed by atoms with Gasteiger partial charge in [-0.1, -0.05) is 18.2 Å². The van der Waals surface area contributed by atoms with Crippen LogP contribution in [-0.4, -0.2) is 40.8 Å². The maximum atomic E-state index is 12.3. The van der Waals surface area contributed by atoms with Crippen molar-refractivity contribution in [3.8, 4) is 5.75 Å². The average molecular weight is 391 g/mol. The fourth-order valence-electron chi connectivity index (χ4n) is 2.64. The highest BCUT2D eigenvalue weighted by atomic mass is 32.2. The maximum absolute atomic E-state index is 12.3. The quantitative estimate of drug-likeness (QED) is 0.751. The minimum Gasteiger partial charge on any atom is -0.497 e. The zero-order valence-electron chi connectivity index (χ0n) is 16.2. The van der Waals surface area contributed by atoms with Gasteiger partial charge >= 0.3 is 0 Å². The summed E-state index contributed by atoms with van der Waals surface area (Å²) in [6, 6.07) is 12.9. The Balaban J connectivity index is 2.00. The number of ether oxygens (including phenoxy) is 1. The molecule has 0 atom stereocenters. The summed E-state index contributed by atoms with van der Waals surface area (Å²) in [5.41, 5.74) is 3.56. The fourth-order valence-corrected chi connectivity index (χ4v) is 3.49. The molecule has 0 saturated carbocycles. The molecule has 0 aliphatic carbocycles. The Labute approximate surface area is 161 Å². The highest BCUT2D eigenvalue weighted by Crippen LogP contribution is 2.21. The summed E-state index contributed by atoms with van der Waals surface area (Å²) < 4.78 is 30.6. The Morgan fingerprint density at radius 3 is 2.48 bits per heavy atom. The molecule has 27 heavy (non-hydrogen) atoms. The zero-order valence-corrected chi connectivity index (χ0v) is 17.0. The van der Waals surface area contributed by atoms with Crippen molar-refractivity contribution in [2.45, 2.75) is 20.3 Å². The van der Waals surface area contributed by atoms with Gasteiger partial charge in [-0.05, 0) is 61.2 Å². The van der Waals surface area contributed by atoms with Crippen molar-refractivity contribution in [2.75, 3.05) is 30.8 Å². The smallest absolute Gasteiger partial charge is 0.240 e. The van der Waals surface area contributed by atoms with Crippen LogP contribution in [0.1, 0.15) is 16.7 Å². The van der Waals surface area contributed by atoms with Gasteiger partial charge in [-0.15, -0.1) is 0 Å². The predicted molar refractivity (Wildman–Crippen MR) is 108 cm³/mol. The molecular weight excluding hydrogens is 364 g/mol. The third-order valence-electron chi connectivity index (χ3n) is 4.34. The maximum Gasteiger partial charge on any atom is 0.240 e. The lowest BCUT2D eigenvalue weighted by Gasteiger charge is -2.22. The molecule has 0 radical (unpaired) electrons. The van der Waals surface area contributed by atoms with Crippen molar-refractivity contribution >= 4 is 21.6 Å². The monoisotopic (exact) mass is 390 g/mol. The van der Waals surface area contributed by atoms with Crippen LogP contribution in [0.25, 0.3) is 0 Å². The second-order valence-corrected chi connectivity index (χ2v) is 8.40. The van der Waals surface area contributed by atoms with Crippen molar-refractivity contribution in [3.05, 3.63) is 59.2 Å². The van der Waals surface area contributed by atoms with Crippen molar-refractivity contribution < 1.29 is 17.9 Å². The molecule has 1 N–H and O–H groups in total. The van der Waals surface area contributed by atoms with E-state index in [2.05, 4.69) is 5.32 Å². The zero-order chi connectivity index (χ0) is 20.0. The summed E-state index contributed by atoms with van der Waals surface area (Å²) in [7, 11) is -1.97. The molecule has 0 aliphatic rings. The molecule has 0 heterocycles. The second-order valence-electron chi connectivity index (χ2n) is 6.49. The Hall–Kier alpha value is -2.54. The summed E-state index contributed by atoms with van der Waals surface area (Å²) in [5.74, 6) is 0.415. The van der Waals surface area contributed by atoms with E-state index in [1.54, 1.807) is 19.2 Å². The molecule has 0 saturated heterocycles. The van der Waals surface area contributed by atoms with E-state index in [0.717, 1.165) is 33.0 Å². The van der Waals surface area contributed by atoms with Crippen LogP contribution < -0.4 is 14.4 Å². The summed E-state index contributed by atoms with van der Waals surface area (Å²) in [6.07, 6.45) is 1.73. The highest BCUT2D eigenvalue weighted by molar-refractivity contribution is 7.92. The number of amides is 1. The van der Waals surface area contributed by atoms with E-state index in [-0.39, 0.29) is 12.5 Å². The van der Waals surface area contributed by atoms with Crippen LogP contribution >= 0.6 is 0 Å². The third kappa shape index (κ3) is 5.99. The molecule has 6 nitrogen and oxygen atoms in total. The van der Waals surface area contributed by atoms with E-state index in [9.17, 15) is 13.2 Å². The molecule has 0 bridgehead atoms. The van der Waals surface area contributed by atoms with Crippen molar-refractivity contribution in [1.29, 1.82) is 0 Å². The standard InChI is InChI=1S/C20H26N2O4S/c1-15-8-9-18(12-16(15)2)22(27(4,24)25)14-20(23)21-11-10-17-6-5-7-19(13-17)26-3/h5-9,12-13H,10-11,14H2,1-4H3,(H,21,23). The Morgan fingerprint density at radius 1 is 1.11 bits per heavy atom. The summed E-state index contributed by atoms with van der Waals surface area (Å²) in [6.45, 7) is 4.03. The van der Waals surface area contributed by atoms with Crippen molar-refractivity contribution in [2.24, 2.45) is 0 Å². The summed E-state index contributed by atoms with van der Waals surface area (Å²) in [4.78, 5) is 12.3.